The first kappa shape index (κ1) is 14.6. The molecule has 1 nitrogen and oxygen atoms in total. The minimum absolute atomic E-state index is 1.07. The Hall–Kier alpha value is -2.93. The number of para-hydroxylation sites is 1. The second-order valence-electron chi connectivity index (χ2n) is 6.15. The van der Waals surface area contributed by atoms with E-state index in [4.69, 9.17) is 4.98 Å². The van der Waals surface area contributed by atoms with Crippen molar-refractivity contribution in [2.24, 2.45) is 0 Å². The molecule has 4 aromatic rings. The van der Waals surface area contributed by atoms with Crippen LogP contribution in [0.1, 0.15) is 11.3 Å². The molecule has 4 rings (SSSR count). The van der Waals surface area contributed by atoms with Crippen molar-refractivity contribution in [2.75, 3.05) is 0 Å². The molecular weight excluding hydrogens is 290 g/mol. The van der Waals surface area contributed by atoms with Crippen LogP contribution in [0.25, 0.3) is 33.2 Å². The maximum atomic E-state index is 4.94. The van der Waals surface area contributed by atoms with Crippen LogP contribution in [-0.2, 0) is 0 Å². The number of nitrogens with zero attached hydrogens (tertiary/aromatic N) is 1. The van der Waals surface area contributed by atoms with Gasteiger partial charge in [0.15, 0.2) is 0 Å². The van der Waals surface area contributed by atoms with E-state index in [1.54, 1.807) is 0 Å². The highest BCUT2D eigenvalue weighted by Crippen LogP contribution is 2.39. The fraction of sp³-hybridized carbons (Fsp3) is 0.0870. The number of hydrogen-bond donors (Lipinski definition) is 0. The van der Waals surface area contributed by atoms with E-state index in [1.807, 2.05) is 0 Å². The summed E-state index contributed by atoms with van der Waals surface area (Å²) < 4.78 is 0. The third kappa shape index (κ3) is 2.39. The van der Waals surface area contributed by atoms with Gasteiger partial charge in [0.2, 0.25) is 0 Å². The molecule has 0 N–H and O–H groups in total. The molecule has 3 aromatic carbocycles. The van der Waals surface area contributed by atoms with E-state index in [2.05, 4.69) is 92.7 Å². The summed E-state index contributed by atoms with van der Waals surface area (Å²) >= 11 is 0. The third-order valence-electron chi connectivity index (χ3n) is 4.52. The molecular formula is C23H19N. The van der Waals surface area contributed by atoms with Crippen LogP contribution < -0.4 is 0 Å². The molecule has 0 atom stereocenters. The zero-order chi connectivity index (χ0) is 16.5. The molecule has 0 spiro atoms. The molecule has 0 aliphatic heterocycles. The highest BCUT2D eigenvalue weighted by Gasteiger charge is 2.16. The topological polar surface area (TPSA) is 12.9 Å². The molecule has 1 heteroatoms. The van der Waals surface area contributed by atoms with E-state index >= 15 is 0 Å². The van der Waals surface area contributed by atoms with Gasteiger partial charge in [0.25, 0.3) is 0 Å². The van der Waals surface area contributed by atoms with E-state index in [0.717, 1.165) is 11.2 Å². The van der Waals surface area contributed by atoms with E-state index in [9.17, 15) is 0 Å². The molecule has 0 aliphatic carbocycles. The van der Waals surface area contributed by atoms with Crippen LogP contribution in [0.2, 0.25) is 0 Å². The maximum Gasteiger partial charge on any atom is 0.0741 e. The van der Waals surface area contributed by atoms with Gasteiger partial charge in [-0.25, -0.2) is 0 Å². The SMILES string of the molecule is Cc1nc2c(C)cccc2c(-c2ccccc2)c1-c1ccccc1. The summed E-state index contributed by atoms with van der Waals surface area (Å²) in [5.41, 5.74) is 8.32. The van der Waals surface area contributed by atoms with Crippen molar-refractivity contribution in [3.8, 4) is 22.3 Å². The molecule has 116 valence electrons. The highest BCUT2D eigenvalue weighted by molar-refractivity contribution is 6.04. The standard InChI is InChI=1S/C23H19N/c1-16-10-9-15-20-22(19-13-7-4-8-14-19)21(17(2)24-23(16)20)18-11-5-3-6-12-18/h3-15H,1-2H3. The van der Waals surface area contributed by atoms with Gasteiger partial charge in [0.1, 0.15) is 0 Å². The largest absolute Gasteiger partial charge is 0.252 e. The van der Waals surface area contributed by atoms with Crippen molar-refractivity contribution in [3.63, 3.8) is 0 Å². The average molecular weight is 309 g/mol. The summed E-state index contributed by atoms with van der Waals surface area (Å²) in [6, 6.07) is 27.6. The first-order chi connectivity index (χ1) is 11.8. The van der Waals surface area contributed by atoms with Gasteiger partial charge in [-0.05, 0) is 30.5 Å². The van der Waals surface area contributed by atoms with Crippen molar-refractivity contribution in [3.05, 3.63) is 90.1 Å². The van der Waals surface area contributed by atoms with Gasteiger partial charge < -0.3 is 0 Å². The molecule has 0 unspecified atom stereocenters. The highest BCUT2D eigenvalue weighted by atomic mass is 14.7. The number of benzene rings is 3. The fourth-order valence-corrected chi connectivity index (χ4v) is 3.41. The zero-order valence-corrected chi connectivity index (χ0v) is 14.0. The Labute approximate surface area is 142 Å². The first-order valence-corrected chi connectivity index (χ1v) is 8.26. The third-order valence-corrected chi connectivity index (χ3v) is 4.52. The van der Waals surface area contributed by atoms with Crippen molar-refractivity contribution in [1.82, 2.24) is 4.98 Å². The van der Waals surface area contributed by atoms with E-state index < -0.39 is 0 Å². The maximum absolute atomic E-state index is 4.94. The van der Waals surface area contributed by atoms with Crippen molar-refractivity contribution < 1.29 is 0 Å². The summed E-state index contributed by atoms with van der Waals surface area (Å²) in [5.74, 6) is 0. The van der Waals surface area contributed by atoms with Gasteiger partial charge >= 0.3 is 0 Å². The van der Waals surface area contributed by atoms with Gasteiger partial charge in [-0.2, -0.15) is 0 Å². The molecule has 0 fully saturated rings. The average Bonchev–Trinajstić information content (AvgIpc) is 2.63. The smallest absolute Gasteiger partial charge is 0.0741 e. The van der Waals surface area contributed by atoms with Crippen LogP contribution in [0.15, 0.2) is 78.9 Å². The van der Waals surface area contributed by atoms with Crippen LogP contribution in [0, 0.1) is 13.8 Å². The fourth-order valence-electron chi connectivity index (χ4n) is 3.41. The van der Waals surface area contributed by atoms with Gasteiger partial charge in [0, 0.05) is 22.2 Å². The quantitative estimate of drug-likeness (QED) is 0.430. The Morgan fingerprint density at radius 2 is 1.17 bits per heavy atom. The molecule has 1 heterocycles. The Kier molecular flexibility index (Phi) is 3.62. The number of pyridine rings is 1. The molecule has 24 heavy (non-hydrogen) atoms. The number of rotatable bonds is 2. The molecule has 0 saturated carbocycles. The number of hydrogen-bond acceptors (Lipinski definition) is 1. The molecule has 0 bridgehead atoms. The summed E-state index contributed by atoms with van der Waals surface area (Å²) in [6.45, 7) is 4.24. The lowest BCUT2D eigenvalue weighted by Crippen LogP contribution is -1.96. The molecule has 0 aliphatic rings. The van der Waals surface area contributed by atoms with Crippen LogP contribution in [-0.4, -0.2) is 4.98 Å². The van der Waals surface area contributed by atoms with Gasteiger partial charge in [-0.3, -0.25) is 4.98 Å². The predicted molar refractivity (Wildman–Crippen MR) is 102 cm³/mol. The monoisotopic (exact) mass is 309 g/mol. The Bertz CT molecular complexity index is 1000. The minimum Gasteiger partial charge on any atom is -0.252 e. The first-order valence-electron chi connectivity index (χ1n) is 8.26. The number of fused-ring (bicyclic) bond motifs is 1. The molecule has 1 aromatic heterocycles. The van der Waals surface area contributed by atoms with Crippen LogP contribution in [0.4, 0.5) is 0 Å². The normalized spacial score (nSPS) is 10.9. The van der Waals surface area contributed by atoms with E-state index in [-0.39, 0.29) is 0 Å². The van der Waals surface area contributed by atoms with Gasteiger partial charge in [-0.1, -0.05) is 78.9 Å². The summed E-state index contributed by atoms with van der Waals surface area (Å²) in [7, 11) is 0. The summed E-state index contributed by atoms with van der Waals surface area (Å²) in [4.78, 5) is 4.94. The van der Waals surface area contributed by atoms with E-state index in [1.165, 1.54) is 33.2 Å². The van der Waals surface area contributed by atoms with Crippen molar-refractivity contribution in [2.45, 2.75) is 13.8 Å². The Morgan fingerprint density at radius 1 is 0.583 bits per heavy atom. The molecule has 0 radical (unpaired) electrons. The summed E-state index contributed by atoms with van der Waals surface area (Å²) in [6.07, 6.45) is 0. The predicted octanol–water partition coefficient (Wildman–Crippen LogP) is 6.19. The molecule has 0 amide bonds. The number of aryl methyl sites for hydroxylation is 2. The second-order valence-corrected chi connectivity index (χ2v) is 6.15. The van der Waals surface area contributed by atoms with Crippen LogP contribution in [0.5, 0.6) is 0 Å². The second kappa shape index (κ2) is 5.93. The van der Waals surface area contributed by atoms with Crippen LogP contribution >= 0.6 is 0 Å². The van der Waals surface area contributed by atoms with Crippen molar-refractivity contribution >= 4 is 10.9 Å². The Morgan fingerprint density at radius 3 is 1.79 bits per heavy atom. The lowest BCUT2D eigenvalue weighted by atomic mass is 9.90. The molecule has 0 saturated heterocycles. The lowest BCUT2D eigenvalue weighted by Gasteiger charge is -2.17. The number of aromatic nitrogens is 1. The van der Waals surface area contributed by atoms with Crippen molar-refractivity contribution in [1.29, 1.82) is 0 Å². The lowest BCUT2D eigenvalue weighted by molar-refractivity contribution is 1.24. The van der Waals surface area contributed by atoms with E-state index in [0.29, 0.717) is 0 Å². The minimum atomic E-state index is 1.07. The van der Waals surface area contributed by atoms with Gasteiger partial charge in [0.05, 0.1) is 5.52 Å². The Balaban J connectivity index is 2.18. The summed E-state index contributed by atoms with van der Waals surface area (Å²) in [5, 5.41) is 1.21. The van der Waals surface area contributed by atoms with Crippen LogP contribution in [0.3, 0.4) is 0 Å². The van der Waals surface area contributed by atoms with Gasteiger partial charge in [-0.15, -0.1) is 0 Å². The zero-order valence-electron chi connectivity index (χ0n) is 14.0.